The van der Waals surface area contributed by atoms with Crippen molar-refractivity contribution in [3.05, 3.63) is 23.8 Å². The van der Waals surface area contributed by atoms with Gasteiger partial charge in [-0.25, -0.2) is 0 Å². The molecule has 1 aromatic carbocycles. The molecule has 2 rings (SSSR count). The predicted molar refractivity (Wildman–Crippen MR) is 82.7 cm³/mol. The van der Waals surface area contributed by atoms with Gasteiger partial charge in [0.2, 0.25) is 0 Å². The highest BCUT2D eigenvalue weighted by Crippen LogP contribution is 2.21. The van der Waals surface area contributed by atoms with E-state index in [1.54, 1.807) is 25.3 Å². The zero-order valence-corrected chi connectivity index (χ0v) is 12.8. The number of hydrogen-bond acceptors (Lipinski definition) is 5. The Kier molecular flexibility index (Phi) is 6.05. The van der Waals surface area contributed by atoms with E-state index < -0.39 is 7.12 Å². The van der Waals surface area contributed by atoms with Gasteiger partial charge in [-0.3, -0.25) is 4.90 Å². The molecule has 0 saturated carbocycles. The minimum Gasteiger partial charge on any atom is -0.496 e. The Morgan fingerprint density at radius 3 is 2.57 bits per heavy atom. The van der Waals surface area contributed by atoms with Crippen LogP contribution in [0.5, 0.6) is 5.75 Å². The van der Waals surface area contributed by atoms with Crippen LogP contribution in [0, 0.1) is 0 Å². The van der Waals surface area contributed by atoms with Gasteiger partial charge in [-0.05, 0) is 31.3 Å². The standard InChI is InChI=1S/C15H24BNO4/c1-3-21-14-6-8-17(9-7-14)11-12-10-13(16(18)19)4-5-15(12)20-2/h4-5,10,14,18-19H,3,6-9,11H2,1-2H3. The van der Waals surface area contributed by atoms with Crippen LogP contribution in [0.1, 0.15) is 25.3 Å². The molecular formula is C15H24BNO4. The number of methoxy groups -OCH3 is 1. The molecule has 0 amide bonds. The van der Waals surface area contributed by atoms with Crippen molar-refractivity contribution in [3.63, 3.8) is 0 Å². The van der Waals surface area contributed by atoms with Crippen LogP contribution in [0.2, 0.25) is 0 Å². The molecule has 1 aliphatic rings. The third kappa shape index (κ3) is 4.44. The van der Waals surface area contributed by atoms with Crippen molar-refractivity contribution in [1.29, 1.82) is 0 Å². The van der Waals surface area contributed by atoms with E-state index in [-0.39, 0.29) is 0 Å². The molecule has 21 heavy (non-hydrogen) atoms. The Morgan fingerprint density at radius 1 is 1.29 bits per heavy atom. The molecule has 1 aromatic rings. The van der Waals surface area contributed by atoms with Crippen molar-refractivity contribution in [2.24, 2.45) is 0 Å². The van der Waals surface area contributed by atoms with Gasteiger partial charge < -0.3 is 19.5 Å². The second-order valence-corrected chi connectivity index (χ2v) is 5.38. The van der Waals surface area contributed by atoms with Crippen molar-refractivity contribution in [2.75, 3.05) is 26.8 Å². The summed E-state index contributed by atoms with van der Waals surface area (Å²) < 4.78 is 11.0. The summed E-state index contributed by atoms with van der Waals surface area (Å²) in [5, 5.41) is 18.6. The van der Waals surface area contributed by atoms with Gasteiger partial charge in [0.15, 0.2) is 0 Å². The van der Waals surface area contributed by atoms with Crippen molar-refractivity contribution >= 4 is 12.6 Å². The first-order chi connectivity index (χ1) is 10.1. The maximum atomic E-state index is 9.30. The quantitative estimate of drug-likeness (QED) is 0.742. The molecule has 0 atom stereocenters. The Hall–Kier alpha value is -1.08. The molecule has 5 nitrogen and oxygen atoms in total. The van der Waals surface area contributed by atoms with Gasteiger partial charge in [-0.15, -0.1) is 0 Å². The molecular weight excluding hydrogens is 269 g/mol. The molecule has 1 aliphatic heterocycles. The largest absolute Gasteiger partial charge is 0.496 e. The van der Waals surface area contributed by atoms with E-state index in [1.165, 1.54) is 0 Å². The van der Waals surface area contributed by atoms with Crippen molar-refractivity contribution in [1.82, 2.24) is 4.90 Å². The molecule has 0 aromatic heterocycles. The van der Waals surface area contributed by atoms with E-state index in [0.29, 0.717) is 11.6 Å². The monoisotopic (exact) mass is 293 g/mol. The highest BCUT2D eigenvalue weighted by Gasteiger charge is 2.21. The summed E-state index contributed by atoms with van der Waals surface area (Å²) in [5.41, 5.74) is 1.48. The Morgan fingerprint density at radius 2 is 2.00 bits per heavy atom. The fourth-order valence-corrected chi connectivity index (χ4v) is 2.79. The maximum absolute atomic E-state index is 9.30. The average Bonchev–Trinajstić information content (AvgIpc) is 2.49. The van der Waals surface area contributed by atoms with Gasteiger partial charge in [0.1, 0.15) is 5.75 Å². The Labute approximate surface area is 126 Å². The topological polar surface area (TPSA) is 62.2 Å². The molecule has 6 heteroatoms. The minimum atomic E-state index is -1.45. The molecule has 0 spiro atoms. The van der Waals surface area contributed by atoms with Crippen LogP contribution < -0.4 is 10.2 Å². The number of likely N-dealkylation sites (tertiary alicyclic amines) is 1. The molecule has 1 heterocycles. The molecule has 0 radical (unpaired) electrons. The number of rotatable bonds is 6. The molecule has 0 bridgehead atoms. The van der Waals surface area contributed by atoms with E-state index in [9.17, 15) is 10.0 Å². The first-order valence-electron chi connectivity index (χ1n) is 7.51. The normalized spacial score (nSPS) is 17.0. The minimum absolute atomic E-state index is 0.374. The van der Waals surface area contributed by atoms with Crippen LogP contribution in [0.25, 0.3) is 0 Å². The third-order valence-corrected chi connectivity index (χ3v) is 3.93. The highest BCUT2D eigenvalue weighted by atomic mass is 16.5. The SMILES string of the molecule is CCOC1CCN(Cc2cc(B(O)O)ccc2OC)CC1. The van der Waals surface area contributed by atoms with E-state index in [1.807, 2.05) is 6.92 Å². The van der Waals surface area contributed by atoms with Crippen molar-refractivity contribution in [2.45, 2.75) is 32.4 Å². The zero-order valence-electron chi connectivity index (χ0n) is 12.8. The fraction of sp³-hybridized carbons (Fsp3) is 0.600. The van der Waals surface area contributed by atoms with Crippen LogP contribution in [0.15, 0.2) is 18.2 Å². The summed E-state index contributed by atoms with van der Waals surface area (Å²) in [6, 6.07) is 5.27. The molecule has 2 N–H and O–H groups in total. The number of ether oxygens (including phenoxy) is 2. The van der Waals surface area contributed by atoms with Crippen LogP contribution in [-0.2, 0) is 11.3 Å². The van der Waals surface area contributed by atoms with Gasteiger partial charge in [-0.2, -0.15) is 0 Å². The maximum Gasteiger partial charge on any atom is 0.488 e. The van der Waals surface area contributed by atoms with E-state index >= 15 is 0 Å². The smallest absolute Gasteiger partial charge is 0.488 e. The summed E-state index contributed by atoms with van der Waals surface area (Å²) in [6.45, 7) is 5.53. The number of piperidine rings is 1. The molecule has 0 aliphatic carbocycles. The second kappa shape index (κ2) is 7.80. The van der Waals surface area contributed by atoms with Crippen molar-refractivity contribution in [3.8, 4) is 5.75 Å². The van der Waals surface area contributed by atoms with Gasteiger partial charge in [0, 0.05) is 31.8 Å². The van der Waals surface area contributed by atoms with Crippen LogP contribution in [-0.4, -0.2) is 55.0 Å². The average molecular weight is 293 g/mol. The molecule has 1 fully saturated rings. The van der Waals surface area contributed by atoms with Gasteiger partial charge in [0.25, 0.3) is 0 Å². The highest BCUT2D eigenvalue weighted by molar-refractivity contribution is 6.58. The lowest BCUT2D eigenvalue weighted by Crippen LogP contribution is -2.37. The first-order valence-corrected chi connectivity index (χ1v) is 7.51. The lowest BCUT2D eigenvalue weighted by molar-refractivity contribution is 0.0124. The molecule has 1 saturated heterocycles. The van der Waals surface area contributed by atoms with E-state index in [4.69, 9.17) is 9.47 Å². The summed E-state index contributed by atoms with van der Waals surface area (Å²) >= 11 is 0. The van der Waals surface area contributed by atoms with Crippen LogP contribution in [0.4, 0.5) is 0 Å². The molecule has 0 unspecified atom stereocenters. The van der Waals surface area contributed by atoms with E-state index in [2.05, 4.69) is 4.90 Å². The second-order valence-electron chi connectivity index (χ2n) is 5.38. The lowest BCUT2D eigenvalue weighted by atomic mass is 9.79. The molecule has 116 valence electrons. The van der Waals surface area contributed by atoms with Crippen LogP contribution >= 0.6 is 0 Å². The predicted octanol–water partition coefficient (Wildman–Crippen LogP) is 0.376. The summed E-state index contributed by atoms with van der Waals surface area (Å²) in [5.74, 6) is 0.784. The zero-order chi connectivity index (χ0) is 15.2. The Balaban J connectivity index is 2.00. The third-order valence-electron chi connectivity index (χ3n) is 3.93. The first kappa shape index (κ1) is 16.3. The van der Waals surface area contributed by atoms with Crippen LogP contribution in [0.3, 0.4) is 0 Å². The summed E-state index contributed by atoms with van der Waals surface area (Å²) in [6.07, 6.45) is 2.45. The van der Waals surface area contributed by atoms with Crippen molar-refractivity contribution < 1.29 is 19.5 Å². The fourth-order valence-electron chi connectivity index (χ4n) is 2.79. The number of hydrogen-bond donors (Lipinski definition) is 2. The Bertz CT molecular complexity index is 447. The van der Waals surface area contributed by atoms with Gasteiger partial charge >= 0.3 is 7.12 Å². The van der Waals surface area contributed by atoms with Gasteiger partial charge in [-0.1, -0.05) is 12.1 Å². The summed E-state index contributed by atoms with van der Waals surface area (Å²) in [7, 11) is 0.188. The van der Waals surface area contributed by atoms with E-state index in [0.717, 1.165) is 50.4 Å². The van der Waals surface area contributed by atoms with Gasteiger partial charge in [0.05, 0.1) is 13.2 Å². The lowest BCUT2D eigenvalue weighted by Gasteiger charge is -2.32. The number of nitrogens with zero attached hydrogens (tertiary/aromatic N) is 1. The number of benzene rings is 1. The summed E-state index contributed by atoms with van der Waals surface area (Å²) in [4.78, 5) is 2.35.